The highest BCUT2D eigenvalue weighted by Gasteiger charge is 2.15. The first kappa shape index (κ1) is 21.9. The normalized spacial score (nSPS) is 10.2. The number of nitrogen functional groups attached to an aromatic ring is 1. The van der Waals surface area contributed by atoms with Gasteiger partial charge in [-0.25, -0.2) is 9.42 Å². The first-order chi connectivity index (χ1) is 13.6. The van der Waals surface area contributed by atoms with E-state index in [-0.39, 0.29) is 29.9 Å². The van der Waals surface area contributed by atoms with Crippen LogP contribution < -0.4 is 28.8 Å². The summed E-state index contributed by atoms with van der Waals surface area (Å²) in [5.41, 5.74) is 6.74. The average molecular weight is 421 g/mol. The van der Waals surface area contributed by atoms with Crippen LogP contribution in [0, 0.1) is 0 Å². The second-order valence-corrected chi connectivity index (χ2v) is 5.77. The second kappa shape index (κ2) is 10.2. The van der Waals surface area contributed by atoms with E-state index in [1.54, 1.807) is 24.3 Å². The van der Waals surface area contributed by atoms with Gasteiger partial charge >= 0.3 is 5.97 Å². The number of nitrogens with one attached hydrogen (secondary N) is 2. The van der Waals surface area contributed by atoms with Gasteiger partial charge in [0, 0.05) is 18.7 Å². The average Bonchev–Trinajstić information content (AvgIpc) is 3.36. The van der Waals surface area contributed by atoms with Crippen molar-refractivity contribution in [3.8, 4) is 11.3 Å². The van der Waals surface area contributed by atoms with Crippen molar-refractivity contribution in [2.24, 2.45) is 0 Å². The summed E-state index contributed by atoms with van der Waals surface area (Å²) in [6.45, 7) is 1.37. The summed E-state index contributed by atoms with van der Waals surface area (Å²) in [5, 5.41) is 12.6. The Bertz CT molecular complexity index is 954. The van der Waals surface area contributed by atoms with Crippen molar-refractivity contribution in [2.75, 3.05) is 25.9 Å². The third-order valence-corrected chi connectivity index (χ3v) is 3.87. The Hall–Kier alpha value is -3.37. The third kappa shape index (κ3) is 5.56. The van der Waals surface area contributed by atoms with E-state index in [2.05, 4.69) is 30.3 Å². The number of furan rings is 1. The topological polar surface area (TPSA) is 146 Å². The van der Waals surface area contributed by atoms with Gasteiger partial charge in [-0.2, -0.15) is 0 Å². The quantitative estimate of drug-likeness (QED) is 0.284. The minimum atomic E-state index is -0.448. The molecular formula is C18H19ClN5O5-. The van der Waals surface area contributed by atoms with Gasteiger partial charge in [-0.3, -0.25) is 4.79 Å². The smallest absolute Gasteiger partial charge is 0.337 e. The molecule has 0 radical (unpaired) electrons. The van der Waals surface area contributed by atoms with Gasteiger partial charge in [0.1, 0.15) is 11.5 Å². The van der Waals surface area contributed by atoms with Crippen LogP contribution >= 0.6 is 0 Å². The van der Waals surface area contributed by atoms with Crippen LogP contribution in [-0.4, -0.2) is 42.4 Å². The van der Waals surface area contributed by atoms with Gasteiger partial charge in [0.15, 0.2) is 0 Å². The summed E-state index contributed by atoms with van der Waals surface area (Å²) in [4.78, 5) is 23.2. The van der Waals surface area contributed by atoms with E-state index in [4.69, 9.17) is 10.2 Å². The summed E-state index contributed by atoms with van der Waals surface area (Å²) in [6, 6.07) is 10.7. The molecule has 154 valence electrons. The van der Waals surface area contributed by atoms with Crippen molar-refractivity contribution in [2.45, 2.75) is 6.54 Å². The van der Waals surface area contributed by atoms with Crippen LogP contribution in [0.2, 0.25) is 0 Å². The number of hydrogen-bond acceptors (Lipinski definition) is 9. The van der Waals surface area contributed by atoms with Crippen LogP contribution in [0.4, 0.5) is 5.82 Å². The number of aromatic nitrogens is 2. The van der Waals surface area contributed by atoms with Crippen molar-refractivity contribution in [1.82, 2.24) is 20.9 Å². The van der Waals surface area contributed by atoms with E-state index in [1.807, 2.05) is 12.1 Å². The highest BCUT2D eigenvalue weighted by molar-refractivity contribution is 5.95. The number of methoxy groups -OCH3 is 1. The number of ether oxygens (including phenoxy) is 1. The summed E-state index contributed by atoms with van der Waals surface area (Å²) >= 11 is 0. The molecule has 0 fully saturated rings. The van der Waals surface area contributed by atoms with Crippen LogP contribution in [0.3, 0.4) is 0 Å². The lowest BCUT2D eigenvalue weighted by molar-refractivity contribution is -0.0000295. The fraction of sp³-hybridized carbons (Fsp3) is 0.222. The Labute approximate surface area is 172 Å². The number of esters is 1. The zero-order valence-corrected chi connectivity index (χ0v) is 16.2. The number of amides is 1. The summed E-state index contributed by atoms with van der Waals surface area (Å²) in [6.07, 6.45) is 0. The largest absolute Gasteiger partial charge is 1.00 e. The molecule has 11 heteroatoms. The standard InChI is InChI=1S/C18H19N5O5.ClH/c1-26-18(25)12-4-2-11(3-5-12)14-7-6-13(27-14)10-20-8-9-21-17(24)15-16(19)23-28-22-15;/h2-7,20H,8-10H2,1H3,(H2,19,23)(H,21,24);1H/p-1. The molecule has 0 saturated carbocycles. The number of nitrogens with two attached hydrogens (primary N) is 1. The molecule has 2 aromatic heterocycles. The van der Waals surface area contributed by atoms with Crippen molar-refractivity contribution in [3.63, 3.8) is 0 Å². The van der Waals surface area contributed by atoms with E-state index in [1.165, 1.54) is 7.11 Å². The van der Waals surface area contributed by atoms with Crippen LogP contribution in [0.5, 0.6) is 0 Å². The molecule has 0 spiro atoms. The molecule has 2 heterocycles. The van der Waals surface area contributed by atoms with Crippen LogP contribution in [0.15, 0.2) is 45.4 Å². The highest BCUT2D eigenvalue weighted by Crippen LogP contribution is 2.22. The molecule has 3 rings (SSSR count). The minimum absolute atomic E-state index is 0. The number of carbonyl (C=O) groups excluding carboxylic acids is 2. The Kier molecular flexibility index (Phi) is 7.75. The molecule has 0 aliphatic heterocycles. The molecule has 1 aromatic carbocycles. The molecule has 0 saturated heterocycles. The molecule has 0 aliphatic carbocycles. The monoisotopic (exact) mass is 420 g/mol. The highest BCUT2D eigenvalue weighted by atomic mass is 35.5. The van der Waals surface area contributed by atoms with Gasteiger partial charge < -0.3 is 37.9 Å². The van der Waals surface area contributed by atoms with Gasteiger partial charge in [0.25, 0.3) is 5.91 Å². The van der Waals surface area contributed by atoms with Crippen molar-refractivity contribution in [1.29, 1.82) is 0 Å². The SMILES string of the molecule is COC(=O)c1ccc(-c2ccc(CNCCNC(=O)c3nonc3N)o2)cc1.[Cl-]. The number of hydrogen-bond donors (Lipinski definition) is 3. The molecule has 10 nitrogen and oxygen atoms in total. The number of anilines is 1. The van der Waals surface area contributed by atoms with E-state index in [0.717, 1.165) is 11.3 Å². The summed E-state index contributed by atoms with van der Waals surface area (Å²) < 4.78 is 14.8. The molecule has 4 N–H and O–H groups in total. The van der Waals surface area contributed by atoms with Gasteiger partial charge in [-0.1, -0.05) is 12.1 Å². The van der Waals surface area contributed by atoms with Gasteiger partial charge in [0.05, 0.1) is 19.2 Å². The number of rotatable bonds is 8. The first-order valence-corrected chi connectivity index (χ1v) is 8.43. The van der Waals surface area contributed by atoms with Crippen LogP contribution in [0.1, 0.15) is 26.6 Å². The van der Waals surface area contributed by atoms with Gasteiger partial charge in [-0.05, 0) is 34.6 Å². The number of halogens is 1. The molecule has 0 unspecified atom stereocenters. The first-order valence-electron chi connectivity index (χ1n) is 8.43. The Balaban J connectivity index is 0.00000300. The zero-order valence-electron chi connectivity index (χ0n) is 15.5. The Morgan fingerprint density at radius 2 is 1.86 bits per heavy atom. The fourth-order valence-electron chi connectivity index (χ4n) is 2.43. The predicted octanol–water partition coefficient (Wildman–Crippen LogP) is -1.78. The Morgan fingerprint density at radius 3 is 2.52 bits per heavy atom. The van der Waals surface area contributed by atoms with E-state index < -0.39 is 5.91 Å². The summed E-state index contributed by atoms with van der Waals surface area (Å²) in [7, 11) is 1.34. The molecular weight excluding hydrogens is 402 g/mol. The number of nitrogens with zero attached hydrogens (tertiary/aromatic N) is 2. The molecule has 1 amide bonds. The zero-order chi connectivity index (χ0) is 19.9. The fourth-order valence-corrected chi connectivity index (χ4v) is 2.43. The third-order valence-electron chi connectivity index (χ3n) is 3.87. The van der Waals surface area contributed by atoms with E-state index >= 15 is 0 Å². The maximum atomic E-state index is 11.8. The van der Waals surface area contributed by atoms with Gasteiger partial charge in [-0.15, -0.1) is 0 Å². The number of carbonyl (C=O) groups is 2. The molecule has 0 aliphatic rings. The number of benzene rings is 1. The van der Waals surface area contributed by atoms with Gasteiger partial charge in [0.2, 0.25) is 11.5 Å². The molecule has 29 heavy (non-hydrogen) atoms. The molecule has 3 aromatic rings. The van der Waals surface area contributed by atoms with E-state index in [9.17, 15) is 9.59 Å². The maximum absolute atomic E-state index is 11.8. The lowest BCUT2D eigenvalue weighted by atomic mass is 10.1. The molecule has 0 atom stereocenters. The maximum Gasteiger partial charge on any atom is 0.337 e. The van der Waals surface area contributed by atoms with Crippen molar-refractivity contribution < 1.29 is 35.8 Å². The molecule has 0 bridgehead atoms. The van der Waals surface area contributed by atoms with Crippen LogP contribution in [-0.2, 0) is 11.3 Å². The lowest BCUT2D eigenvalue weighted by Gasteiger charge is -2.04. The predicted molar refractivity (Wildman–Crippen MR) is 98.2 cm³/mol. The van der Waals surface area contributed by atoms with E-state index in [0.29, 0.717) is 31.0 Å². The second-order valence-electron chi connectivity index (χ2n) is 5.77. The lowest BCUT2D eigenvalue weighted by Crippen LogP contribution is -3.00. The van der Waals surface area contributed by atoms with Crippen molar-refractivity contribution >= 4 is 17.7 Å². The minimum Gasteiger partial charge on any atom is -1.00 e. The Morgan fingerprint density at radius 1 is 1.10 bits per heavy atom. The van der Waals surface area contributed by atoms with Crippen LogP contribution in [0.25, 0.3) is 11.3 Å². The summed E-state index contributed by atoms with van der Waals surface area (Å²) in [5.74, 6) is 0.550. The van der Waals surface area contributed by atoms with Crippen molar-refractivity contribution in [3.05, 3.63) is 53.4 Å².